The minimum Gasteiger partial charge on any atom is -0.313 e. The summed E-state index contributed by atoms with van der Waals surface area (Å²) < 4.78 is 16.0. The van der Waals surface area contributed by atoms with E-state index in [0.29, 0.717) is 5.39 Å². The topological polar surface area (TPSA) is 46.8 Å². The molecule has 1 aromatic carbocycles. The van der Waals surface area contributed by atoms with Crippen LogP contribution in [0.15, 0.2) is 30.5 Å². The van der Waals surface area contributed by atoms with E-state index < -0.39 is 0 Å². The Morgan fingerprint density at radius 1 is 1.18 bits per heavy atom. The van der Waals surface area contributed by atoms with Gasteiger partial charge in [0, 0.05) is 31.2 Å². The van der Waals surface area contributed by atoms with Crippen LogP contribution in [0.1, 0.15) is 17.2 Å². The van der Waals surface area contributed by atoms with Crippen LogP contribution in [0.4, 0.5) is 4.39 Å². The number of nitrogens with zero attached hydrogens (tertiary/aromatic N) is 5. The van der Waals surface area contributed by atoms with E-state index in [-0.39, 0.29) is 5.82 Å². The third-order valence-electron chi connectivity index (χ3n) is 4.21. The van der Waals surface area contributed by atoms with Crippen LogP contribution in [0.2, 0.25) is 0 Å². The van der Waals surface area contributed by atoms with Crippen molar-refractivity contribution >= 4 is 10.9 Å². The van der Waals surface area contributed by atoms with Crippen molar-refractivity contribution in [3.8, 4) is 0 Å². The molecule has 5 nitrogen and oxygen atoms in total. The van der Waals surface area contributed by atoms with Crippen molar-refractivity contribution in [3.63, 3.8) is 0 Å². The fourth-order valence-corrected chi connectivity index (χ4v) is 3.05. The molecular formula is C16H16FN5. The first-order chi connectivity index (χ1) is 10.7. The predicted molar refractivity (Wildman–Crippen MR) is 80.6 cm³/mol. The van der Waals surface area contributed by atoms with Crippen molar-refractivity contribution in [1.82, 2.24) is 24.6 Å². The molecule has 0 N–H and O–H groups in total. The Morgan fingerprint density at radius 3 is 3.00 bits per heavy atom. The highest BCUT2D eigenvalue weighted by Gasteiger charge is 2.20. The van der Waals surface area contributed by atoms with Gasteiger partial charge in [0.2, 0.25) is 0 Å². The van der Waals surface area contributed by atoms with Gasteiger partial charge in [0.25, 0.3) is 0 Å². The molecule has 1 aliphatic rings. The number of rotatable bonds is 2. The van der Waals surface area contributed by atoms with E-state index in [4.69, 9.17) is 0 Å². The number of aromatic nitrogens is 4. The quantitative estimate of drug-likeness (QED) is 0.728. The Labute approximate surface area is 127 Å². The van der Waals surface area contributed by atoms with Gasteiger partial charge in [0.1, 0.15) is 17.5 Å². The molecule has 112 valence electrons. The Balaban J connectivity index is 1.64. The van der Waals surface area contributed by atoms with Gasteiger partial charge in [0.15, 0.2) is 0 Å². The molecule has 3 heterocycles. The summed E-state index contributed by atoms with van der Waals surface area (Å²) in [6.07, 6.45) is 1.71. The molecule has 0 bridgehead atoms. The van der Waals surface area contributed by atoms with Crippen LogP contribution in [0.25, 0.3) is 10.9 Å². The normalized spacial score (nSPS) is 15.2. The molecule has 4 rings (SSSR count). The van der Waals surface area contributed by atoms with E-state index in [2.05, 4.69) is 24.6 Å². The highest BCUT2D eigenvalue weighted by atomic mass is 19.1. The fourth-order valence-electron chi connectivity index (χ4n) is 3.05. The van der Waals surface area contributed by atoms with Gasteiger partial charge < -0.3 is 4.57 Å². The maximum Gasteiger partial charge on any atom is 0.147 e. The lowest BCUT2D eigenvalue weighted by Gasteiger charge is -2.27. The minimum absolute atomic E-state index is 0.221. The first-order valence-corrected chi connectivity index (χ1v) is 7.35. The number of fused-ring (bicyclic) bond motifs is 2. The van der Waals surface area contributed by atoms with Crippen LogP contribution in [0, 0.1) is 12.7 Å². The summed E-state index contributed by atoms with van der Waals surface area (Å²) in [5, 5.41) is 8.93. The monoisotopic (exact) mass is 297 g/mol. The Morgan fingerprint density at radius 2 is 2.09 bits per heavy atom. The molecule has 0 unspecified atom stereocenters. The van der Waals surface area contributed by atoms with Gasteiger partial charge in [-0.15, -0.1) is 10.2 Å². The molecular weight excluding hydrogens is 281 g/mol. The zero-order valence-corrected chi connectivity index (χ0v) is 12.3. The van der Waals surface area contributed by atoms with Crippen LogP contribution in [0.3, 0.4) is 0 Å². The summed E-state index contributed by atoms with van der Waals surface area (Å²) in [5.74, 6) is 1.73. The number of hydrogen-bond acceptors (Lipinski definition) is 4. The van der Waals surface area contributed by atoms with Gasteiger partial charge >= 0.3 is 0 Å². The van der Waals surface area contributed by atoms with E-state index in [9.17, 15) is 4.39 Å². The summed E-state index contributed by atoms with van der Waals surface area (Å²) in [6, 6.07) is 6.89. The Bertz CT molecular complexity index is 842. The van der Waals surface area contributed by atoms with Gasteiger partial charge in [-0.3, -0.25) is 9.88 Å². The lowest BCUT2D eigenvalue weighted by Crippen LogP contribution is -2.33. The van der Waals surface area contributed by atoms with Gasteiger partial charge in [-0.2, -0.15) is 0 Å². The number of benzene rings is 1. The predicted octanol–water partition coefficient (Wildman–Crippen LogP) is 2.29. The Hall–Kier alpha value is -2.34. The lowest BCUT2D eigenvalue weighted by atomic mass is 10.1. The van der Waals surface area contributed by atoms with Gasteiger partial charge in [-0.25, -0.2) is 4.39 Å². The van der Waals surface area contributed by atoms with Crippen molar-refractivity contribution in [2.75, 3.05) is 6.54 Å². The molecule has 3 aromatic rings. The largest absolute Gasteiger partial charge is 0.313 e. The molecule has 0 aliphatic carbocycles. The zero-order valence-electron chi connectivity index (χ0n) is 12.3. The molecule has 0 saturated heterocycles. The maximum atomic E-state index is 13.9. The van der Waals surface area contributed by atoms with Gasteiger partial charge in [-0.1, -0.05) is 6.07 Å². The second-order valence-electron chi connectivity index (χ2n) is 5.63. The van der Waals surface area contributed by atoms with Crippen molar-refractivity contribution < 1.29 is 4.39 Å². The number of pyridine rings is 1. The van der Waals surface area contributed by atoms with E-state index in [1.165, 1.54) is 6.07 Å². The summed E-state index contributed by atoms with van der Waals surface area (Å²) in [6.45, 7) is 5.29. The lowest BCUT2D eigenvalue weighted by molar-refractivity contribution is 0.208. The standard InChI is InChI=1S/C16H16FN5/c1-11-19-20-15-10-21(7-8-22(11)15)9-12-4-5-14(17)13-3-2-6-18-16(12)13/h2-6H,7-10H2,1H3. The average molecular weight is 297 g/mol. The molecule has 0 amide bonds. The smallest absolute Gasteiger partial charge is 0.147 e. The van der Waals surface area contributed by atoms with Gasteiger partial charge in [0.05, 0.1) is 12.1 Å². The third kappa shape index (κ3) is 2.16. The molecule has 6 heteroatoms. The Kier molecular flexibility index (Phi) is 3.11. The average Bonchev–Trinajstić information content (AvgIpc) is 2.91. The highest BCUT2D eigenvalue weighted by Crippen LogP contribution is 2.22. The van der Waals surface area contributed by atoms with Crippen LogP contribution in [0.5, 0.6) is 0 Å². The summed E-state index contributed by atoms with van der Waals surface area (Å²) in [7, 11) is 0. The molecule has 0 atom stereocenters. The zero-order chi connectivity index (χ0) is 15.1. The molecule has 1 aliphatic heterocycles. The number of halogens is 1. The van der Waals surface area contributed by atoms with E-state index >= 15 is 0 Å². The number of aryl methyl sites for hydroxylation is 1. The molecule has 0 spiro atoms. The fraction of sp³-hybridized carbons (Fsp3) is 0.312. The number of hydrogen-bond donors (Lipinski definition) is 0. The molecule has 0 saturated carbocycles. The molecule has 0 radical (unpaired) electrons. The summed E-state index contributed by atoms with van der Waals surface area (Å²) >= 11 is 0. The molecule has 0 fully saturated rings. The molecule has 22 heavy (non-hydrogen) atoms. The third-order valence-corrected chi connectivity index (χ3v) is 4.21. The van der Waals surface area contributed by atoms with Gasteiger partial charge in [-0.05, 0) is 30.7 Å². The van der Waals surface area contributed by atoms with Crippen LogP contribution < -0.4 is 0 Å². The SMILES string of the molecule is Cc1nnc2n1CCN(Cc1ccc(F)c3cccnc13)C2. The van der Waals surface area contributed by atoms with Crippen LogP contribution in [-0.2, 0) is 19.6 Å². The first-order valence-electron chi connectivity index (χ1n) is 7.35. The maximum absolute atomic E-state index is 13.9. The second-order valence-corrected chi connectivity index (χ2v) is 5.63. The van der Waals surface area contributed by atoms with E-state index in [1.807, 2.05) is 13.0 Å². The highest BCUT2D eigenvalue weighted by molar-refractivity contribution is 5.82. The van der Waals surface area contributed by atoms with Crippen LogP contribution >= 0.6 is 0 Å². The summed E-state index contributed by atoms with van der Waals surface area (Å²) in [4.78, 5) is 6.65. The minimum atomic E-state index is -0.221. The van der Waals surface area contributed by atoms with Crippen molar-refractivity contribution in [1.29, 1.82) is 0 Å². The van der Waals surface area contributed by atoms with E-state index in [1.54, 1.807) is 18.3 Å². The molecule has 2 aromatic heterocycles. The van der Waals surface area contributed by atoms with E-state index in [0.717, 1.165) is 48.9 Å². The first kappa shape index (κ1) is 13.3. The van der Waals surface area contributed by atoms with Crippen molar-refractivity contribution in [2.24, 2.45) is 0 Å². The second kappa shape index (κ2) is 5.14. The summed E-state index contributed by atoms with van der Waals surface area (Å²) in [5.41, 5.74) is 1.78. The van der Waals surface area contributed by atoms with Crippen molar-refractivity contribution in [3.05, 3.63) is 53.5 Å². The van der Waals surface area contributed by atoms with Crippen LogP contribution in [-0.4, -0.2) is 31.2 Å². The van der Waals surface area contributed by atoms with Crippen molar-refractivity contribution in [2.45, 2.75) is 26.6 Å².